The van der Waals surface area contributed by atoms with Crippen LogP contribution in [0.5, 0.6) is 0 Å². The van der Waals surface area contributed by atoms with Crippen molar-refractivity contribution in [3.8, 4) is 0 Å². The number of hydrogen-bond donors (Lipinski definition) is 0. The maximum atomic E-state index is 14.4. The van der Waals surface area contributed by atoms with Crippen LogP contribution in [-0.2, 0) is 40.8 Å². The second-order valence-electron chi connectivity index (χ2n) is 10.4. The highest BCUT2D eigenvalue weighted by Gasteiger charge is 2.40. The van der Waals surface area contributed by atoms with Crippen molar-refractivity contribution in [2.45, 2.75) is 44.4 Å². The molecule has 0 spiro atoms. The maximum absolute atomic E-state index is 14.4. The van der Waals surface area contributed by atoms with Crippen LogP contribution in [0.2, 0.25) is 0 Å². The molecule has 1 aliphatic carbocycles. The first-order valence-corrected chi connectivity index (χ1v) is 15.4. The third-order valence-corrected chi connectivity index (χ3v) is 8.99. The molecule has 4 aromatic rings. The van der Waals surface area contributed by atoms with Crippen molar-refractivity contribution >= 4 is 24.5 Å². The van der Waals surface area contributed by atoms with E-state index < -0.39 is 13.9 Å². The first-order chi connectivity index (χ1) is 20.6. The van der Waals surface area contributed by atoms with Gasteiger partial charge < -0.3 is 13.9 Å². The minimum Gasteiger partial charge on any atom is -0.464 e. The van der Waals surface area contributed by atoms with Gasteiger partial charge in [0, 0.05) is 22.9 Å². The van der Waals surface area contributed by atoms with Crippen molar-refractivity contribution < 1.29 is 32.0 Å². The number of phosphoric ester groups is 1. The summed E-state index contributed by atoms with van der Waals surface area (Å²) in [6.45, 7) is 0.356. The van der Waals surface area contributed by atoms with Crippen LogP contribution in [0.1, 0.15) is 29.5 Å². The zero-order valence-electron chi connectivity index (χ0n) is 22.8. The van der Waals surface area contributed by atoms with Gasteiger partial charge in [-0.15, -0.1) is 0 Å². The minimum atomic E-state index is -4.09. The smallest absolute Gasteiger partial charge is 0.464 e. The zero-order chi connectivity index (χ0) is 28.4. The molecular formula is C33H30NO7P. The molecule has 214 valence electrons. The summed E-state index contributed by atoms with van der Waals surface area (Å²) in [6, 6.07) is 26.9. The monoisotopic (exact) mass is 583 g/mol. The second kappa shape index (κ2) is 11.9. The minimum absolute atomic E-state index is 0.0658. The van der Waals surface area contributed by atoms with Crippen LogP contribution in [0.3, 0.4) is 0 Å². The molecule has 0 N–H and O–H groups in total. The average molecular weight is 584 g/mol. The van der Waals surface area contributed by atoms with Gasteiger partial charge in [-0.3, -0.25) is 18.6 Å². The van der Waals surface area contributed by atoms with Crippen molar-refractivity contribution in [2.75, 3.05) is 6.79 Å². The Morgan fingerprint density at radius 1 is 0.857 bits per heavy atom. The topological polar surface area (TPSA) is 88.7 Å². The molecule has 3 atom stereocenters. The summed E-state index contributed by atoms with van der Waals surface area (Å²) in [4.78, 5) is 5.04. The van der Waals surface area contributed by atoms with Crippen LogP contribution < -0.4 is 0 Å². The van der Waals surface area contributed by atoms with Crippen LogP contribution in [0.15, 0.2) is 124 Å². The van der Waals surface area contributed by atoms with Crippen molar-refractivity contribution in [2.24, 2.45) is 4.99 Å². The fourth-order valence-corrected chi connectivity index (χ4v) is 6.72. The van der Waals surface area contributed by atoms with Crippen LogP contribution in [0, 0.1) is 0 Å². The van der Waals surface area contributed by atoms with E-state index in [9.17, 15) is 4.57 Å². The number of rotatable bonds is 9. The Kier molecular flexibility index (Phi) is 7.74. The van der Waals surface area contributed by atoms with E-state index in [-0.39, 0.29) is 32.2 Å². The molecule has 9 heteroatoms. The highest BCUT2D eigenvalue weighted by Crippen LogP contribution is 2.54. The molecule has 1 aromatic heterocycles. The summed E-state index contributed by atoms with van der Waals surface area (Å²) in [7, 11) is -4.09. The van der Waals surface area contributed by atoms with Crippen molar-refractivity contribution in [1.82, 2.24) is 0 Å². The number of para-hydroxylation sites is 1. The number of furan rings is 1. The Balaban J connectivity index is 1.24. The van der Waals surface area contributed by atoms with Gasteiger partial charge in [0.15, 0.2) is 0 Å². The molecule has 0 bridgehead atoms. The largest absolute Gasteiger partial charge is 0.476 e. The first-order valence-electron chi connectivity index (χ1n) is 14.0. The number of benzene rings is 3. The number of aliphatic imine (C=N–C) groups is 1. The molecule has 1 fully saturated rings. The third-order valence-electron chi connectivity index (χ3n) is 7.59. The summed E-state index contributed by atoms with van der Waals surface area (Å²) in [5, 5.41) is 0.948. The quantitative estimate of drug-likeness (QED) is 0.189. The Labute approximate surface area is 243 Å². The first kappa shape index (κ1) is 27.2. The van der Waals surface area contributed by atoms with E-state index in [1.807, 2.05) is 97.1 Å². The van der Waals surface area contributed by atoms with Gasteiger partial charge in [0.25, 0.3) is 0 Å². The molecule has 1 saturated heterocycles. The van der Waals surface area contributed by atoms with Crippen LogP contribution in [0.4, 0.5) is 0 Å². The van der Waals surface area contributed by atoms with Gasteiger partial charge >= 0.3 is 7.82 Å². The number of nitrogens with zero attached hydrogens (tertiary/aromatic N) is 1. The number of ether oxygens (including phenoxy) is 2. The lowest BCUT2D eigenvalue weighted by Crippen LogP contribution is -2.27. The van der Waals surface area contributed by atoms with Crippen molar-refractivity contribution in [3.05, 3.63) is 131 Å². The van der Waals surface area contributed by atoms with Crippen molar-refractivity contribution in [3.63, 3.8) is 0 Å². The van der Waals surface area contributed by atoms with E-state index in [0.29, 0.717) is 12.8 Å². The van der Waals surface area contributed by atoms with E-state index in [2.05, 4.69) is 0 Å². The summed E-state index contributed by atoms with van der Waals surface area (Å²) in [5.74, 6) is 0. The SMILES string of the molecule is O=P(OCc1ccccc1)(OCc1ccccc1)OC1CC(c2coc3ccccc23)=NC2=CCC3OCOC3C=C21. The average Bonchev–Trinajstić information content (AvgIpc) is 3.63. The van der Waals surface area contributed by atoms with Gasteiger partial charge in [-0.2, -0.15) is 0 Å². The summed E-state index contributed by atoms with van der Waals surface area (Å²) in [5.41, 5.74) is 5.61. The Morgan fingerprint density at radius 2 is 1.55 bits per heavy atom. The van der Waals surface area contributed by atoms with Gasteiger partial charge in [0.05, 0.1) is 30.7 Å². The molecule has 3 unspecified atom stereocenters. The summed E-state index contributed by atoms with van der Waals surface area (Å²) < 4.78 is 50.3. The molecule has 0 saturated carbocycles. The van der Waals surface area contributed by atoms with Crippen LogP contribution in [-0.4, -0.2) is 30.8 Å². The number of hydrogen-bond acceptors (Lipinski definition) is 8. The number of fused-ring (bicyclic) bond motifs is 3. The molecule has 2 aliphatic heterocycles. The molecule has 42 heavy (non-hydrogen) atoms. The van der Waals surface area contributed by atoms with E-state index in [0.717, 1.165) is 44.6 Å². The lowest BCUT2D eigenvalue weighted by molar-refractivity contribution is 0.0429. The van der Waals surface area contributed by atoms with Gasteiger partial charge in [0.2, 0.25) is 0 Å². The lowest BCUT2D eigenvalue weighted by Gasteiger charge is -2.30. The molecule has 3 aromatic carbocycles. The van der Waals surface area contributed by atoms with Crippen LogP contribution >= 0.6 is 7.82 Å². The lowest BCUT2D eigenvalue weighted by atomic mass is 9.93. The highest BCUT2D eigenvalue weighted by atomic mass is 31.2. The fraction of sp³-hybridized carbons (Fsp3) is 0.242. The molecule has 7 rings (SSSR count). The molecular weight excluding hydrogens is 553 g/mol. The van der Waals surface area contributed by atoms with Crippen molar-refractivity contribution in [1.29, 1.82) is 0 Å². The fourth-order valence-electron chi connectivity index (χ4n) is 5.41. The van der Waals surface area contributed by atoms with E-state index in [4.69, 9.17) is 32.5 Å². The van der Waals surface area contributed by atoms with Gasteiger partial charge in [0.1, 0.15) is 30.8 Å². The summed E-state index contributed by atoms with van der Waals surface area (Å²) >= 11 is 0. The molecule has 3 heterocycles. The van der Waals surface area contributed by atoms with E-state index >= 15 is 0 Å². The van der Waals surface area contributed by atoms with E-state index in [1.54, 1.807) is 6.26 Å². The Bertz CT molecular complexity index is 1650. The highest BCUT2D eigenvalue weighted by molar-refractivity contribution is 7.48. The zero-order valence-corrected chi connectivity index (χ0v) is 23.7. The predicted octanol–water partition coefficient (Wildman–Crippen LogP) is 7.51. The third kappa shape index (κ3) is 5.83. The summed E-state index contributed by atoms with van der Waals surface area (Å²) in [6.07, 6.45) is 5.61. The standard InChI is InChI=1S/C33H30NO7P/c35-42(39-19-23-9-3-1-4-10-23,40-20-24-11-5-2-6-12-24)41-32-18-29(27-21-36-30-14-8-7-13-25(27)30)34-28-15-16-31-33(17-26(28)32)38-22-37-31/h1-15,17,21,31-33H,16,18-20,22H2. The maximum Gasteiger partial charge on any atom is 0.476 e. The predicted molar refractivity (Wildman–Crippen MR) is 158 cm³/mol. The molecule has 0 radical (unpaired) electrons. The van der Waals surface area contributed by atoms with Crippen LogP contribution in [0.25, 0.3) is 11.0 Å². The molecule has 0 amide bonds. The normalized spacial score (nSPS) is 22.1. The van der Waals surface area contributed by atoms with Gasteiger partial charge in [-0.05, 0) is 29.7 Å². The molecule has 8 nitrogen and oxygen atoms in total. The Hall–Kier alpha value is -3.62. The Morgan fingerprint density at radius 3 is 2.29 bits per heavy atom. The second-order valence-corrected chi connectivity index (χ2v) is 12.0. The molecule has 3 aliphatic rings. The van der Waals surface area contributed by atoms with Gasteiger partial charge in [-0.25, -0.2) is 4.57 Å². The van der Waals surface area contributed by atoms with Gasteiger partial charge in [-0.1, -0.05) is 84.9 Å². The number of phosphoric acid groups is 1. The van der Waals surface area contributed by atoms with E-state index in [1.165, 1.54) is 0 Å².